The van der Waals surface area contributed by atoms with Crippen molar-refractivity contribution in [1.29, 1.82) is 0 Å². The van der Waals surface area contributed by atoms with Crippen molar-refractivity contribution < 1.29 is 19.1 Å². The van der Waals surface area contributed by atoms with Crippen molar-refractivity contribution in [2.45, 2.75) is 37.5 Å². The number of carbonyl (C=O) groups excluding carboxylic acids is 2. The second-order valence-corrected chi connectivity index (χ2v) is 7.20. The van der Waals surface area contributed by atoms with Crippen LogP contribution >= 0.6 is 0 Å². The van der Waals surface area contributed by atoms with E-state index in [1.54, 1.807) is 12.1 Å². The Hall–Kier alpha value is -3.10. The average Bonchev–Trinajstić information content (AvgIpc) is 3.14. The lowest BCUT2D eigenvalue weighted by Gasteiger charge is -2.27. The van der Waals surface area contributed by atoms with E-state index in [1.807, 2.05) is 0 Å². The second kappa shape index (κ2) is 5.97. The zero-order valence-corrected chi connectivity index (χ0v) is 14.6. The summed E-state index contributed by atoms with van der Waals surface area (Å²) in [4.78, 5) is 34.0. The molecule has 3 heterocycles. The van der Waals surface area contributed by atoms with Crippen molar-refractivity contribution in [2.75, 3.05) is 18.0 Å². The fraction of sp³-hybridized carbons (Fsp3) is 0.444. The van der Waals surface area contributed by atoms with Crippen LogP contribution in [0.4, 0.5) is 10.6 Å². The fourth-order valence-electron chi connectivity index (χ4n) is 3.81. The number of nitrogens with two attached hydrogens (primary N) is 1. The van der Waals surface area contributed by atoms with Crippen molar-refractivity contribution in [3.63, 3.8) is 0 Å². The Bertz CT molecular complexity index is 929. The molecule has 0 spiro atoms. The molecule has 2 aliphatic heterocycles. The van der Waals surface area contributed by atoms with E-state index in [2.05, 4.69) is 20.2 Å². The summed E-state index contributed by atoms with van der Waals surface area (Å²) in [6.45, 7) is 1.14. The van der Waals surface area contributed by atoms with Crippen LogP contribution in [0.25, 0.3) is 10.9 Å². The number of fused-ring (bicyclic) bond motifs is 2. The minimum absolute atomic E-state index is 0.0573. The Morgan fingerprint density at radius 2 is 2.15 bits per heavy atom. The highest BCUT2D eigenvalue weighted by molar-refractivity contribution is 6.02. The van der Waals surface area contributed by atoms with Crippen LogP contribution in [0, 0.1) is 0 Å². The maximum Gasteiger partial charge on any atom is 0.407 e. The second-order valence-electron chi connectivity index (χ2n) is 7.20. The summed E-state index contributed by atoms with van der Waals surface area (Å²) in [5.74, 6) is 0.652. The van der Waals surface area contributed by atoms with Crippen molar-refractivity contribution in [1.82, 2.24) is 15.3 Å². The molecule has 140 valence electrons. The molecule has 1 aromatic carbocycles. The number of primary amides is 1. The van der Waals surface area contributed by atoms with Crippen LogP contribution < -0.4 is 20.7 Å². The summed E-state index contributed by atoms with van der Waals surface area (Å²) in [5.41, 5.74) is 6.50. The third-order valence-electron chi connectivity index (χ3n) is 5.45. The van der Waals surface area contributed by atoms with E-state index in [-0.39, 0.29) is 24.3 Å². The zero-order valence-electron chi connectivity index (χ0n) is 14.6. The Labute approximate surface area is 154 Å². The van der Waals surface area contributed by atoms with Crippen LogP contribution in [0.3, 0.4) is 0 Å². The molecule has 2 saturated heterocycles. The summed E-state index contributed by atoms with van der Waals surface area (Å²) in [7, 11) is 0. The lowest BCUT2D eigenvalue weighted by atomic mass is 9.96. The monoisotopic (exact) mass is 369 g/mol. The van der Waals surface area contributed by atoms with E-state index in [9.17, 15) is 9.59 Å². The molecule has 0 radical (unpaired) electrons. The molecule has 1 aromatic heterocycles. The molecule has 5 rings (SSSR count). The smallest absolute Gasteiger partial charge is 0.407 e. The maximum absolute atomic E-state index is 11.9. The van der Waals surface area contributed by atoms with E-state index in [0.717, 1.165) is 30.5 Å². The van der Waals surface area contributed by atoms with Crippen molar-refractivity contribution in [2.24, 2.45) is 5.73 Å². The number of anilines is 1. The Kier molecular flexibility index (Phi) is 3.56. The van der Waals surface area contributed by atoms with E-state index in [1.165, 1.54) is 6.33 Å². The summed E-state index contributed by atoms with van der Waals surface area (Å²) >= 11 is 0. The SMILES string of the molecule is NC(=O)c1cc2ncnc(N3C[C@@H]4NC(=O)O[C@@H]4C3)c2cc1OC1CCC1. The summed E-state index contributed by atoms with van der Waals surface area (Å²) in [6, 6.07) is 3.40. The van der Waals surface area contributed by atoms with Gasteiger partial charge in [-0.25, -0.2) is 14.8 Å². The fourth-order valence-corrected chi connectivity index (χ4v) is 3.81. The lowest BCUT2D eigenvalue weighted by Crippen LogP contribution is -2.32. The standard InChI is InChI=1S/C18H19N5O4/c19-16(24)11-4-12-10(5-14(11)26-9-2-1-3-9)17(21-8-20-12)23-6-13-15(7-23)27-18(25)22-13/h4-5,8-9,13,15H,1-3,6-7H2,(H2,19,24)(H,22,25)/t13-,15+/m0/s1. The molecular formula is C18H19N5O4. The van der Waals surface area contributed by atoms with Crippen LogP contribution in [0.2, 0.25) is 0 Å². The molecule has 2 amide bonds. The van der Waals surface area contributed by atoms with E-state index in [4.69, 9.17) is 15.2 Å². The van der Waals surface area contributed by atoms with Crippen LogP contribution in [-0.4, -0.2) is 53.3 Å². The largest absolute Gasteiger partial charge is 0.490 e. The summed E-state index contributed by atoms with van der Waals surface area (Å²) in [5, 5.41) is 3.59. The number of nitrogens with one attached hydrogen (secondary N) is 1. The molecule has 1 aliphatic carbocycles. The van der Waals surface area contributed by atoms with Crippen molar-refractivity contribution in [3.8, 4) is 5.75 Å². The van der Waals surface area contributed by atoms with Gasteiger partial charge in [0.1, 0.15) is 24.0 Å². The van der Waals surface area contributed by atoms with Crippen molar-refractivity contribution in [3.05, 3.63) is 24.0 Å². The molecule has 0 bridgehead atoms. The van der Waals surface area contributed by atoms with Gasteiger partial charge in [-0.3, -0.25) is 4.79 Å². The highest BCUT2D eigenvalue weighted by Gasteiger charge is 2.42. The van der Waals surface area contributed by atoms with Gasteiger partial charge in [-0.05, 0) is 31.4 Å². The Morgan fingerprint density at radius 3 is 2.85 bits per heavy atom. The lowest BCUT2D eigenvalue weighted by molar-refractivity contribution is 0.0972. The topological polar surface area (TPSA) is 120 Å². The van der Waals surface area contributed by atoms with Crippen LogP contribution in [0.1, 0.15) is 29.6 Å². The van der Waals surface area contributed by atoms with Crippen LogP contribution in [-0.2, 0) is 4.74 Å². The number of alkyl carbamates (subject to hydrolysis) is 1. The molecule has 3 N–H and O–H groups in total. The van der Waals surface area contributed by atoms with Gasteiger partial charge in [0.2, 0.25) is 0 Å². The molecule has 3 aliphatic rings. The number of nitrogens with zero attached hydrogens (tertiary/aromatic N) is 3. The number of amides is 2. The molecule has 9 nitrogen and oxygen atoms in total. The minimum atomic E-state index is -0.543. The molecule has 1 saturated carbocycles. The van der Waals surface area contributed by atoms with Gasteiger partial charge < -0.3 is 25.4 Å². The van der Waals surface area contributed by atoms with E-state index >= 15 is 0 Å². The van der Waals surface area contributed by atoms with Gasteiger partial charge in [0.25, 0.3) is 5.91 Å². The molecule has 2 aromatic rings. The molecule has 27 heavy (non-hydrogen) atoms. The first-order valence-corrected chi connectivity index (χ1v) is 9.06. The maximum atomic E-state index is 11.9. The molecule has 2 atom stereocenters. The Morgan fingerprint density at radius 1 is 1.30 bits per heavy atom. The number of carbonyl (C=O) groups is 2. The molecule has 0 unspecified atom stereocenters. The first-order chi connectivity index (χ1) is 13.1. The predicted molar refractivity (Wildman–Crippen MR) is 95.7 cm³/mol. The highest BCUT2D eigenvalue weighted by Crippen LogP contribution is 2.35. The van der Waals surface area contributed by atoms with E-state index in [0.29, 0.717) is 29.9 Å². The van der Waals surface area contributed by atoms with E-state index < -0.39 is 5.91 Å². The zero-order chi connectivity index (χ0) is 18.5. The van der Waals surface area contributed by atoms with Gasteiger partial charge in [-0.2, -0.15) is 0 Å². The first kappa shape index (κ1) is 16.1. The number of ether oxygens (including phenoxy) is 2. The highest BCUT2D eigenvalue weighted by atomic mass is 16.6. The van der Waals surface area contributed by atoms with Gasteiger partial charge in [0, 0.05) is 11.9 Å². The normalized spacial score (nSPS) is 24.3. The van der Waals surface area contributed by atoms with Gasteiger partial charge >= 0.3 is 6.09 Å². The molecule has 9 heteroatoms. The number of hydrogen-bond acceptors (Lipinski definition) is 7. The number of rotatable bonds is 4. The quantitative estimate of drug-likeness (QED) is 0.823. The van der Waals surface area contributed by atoms with Gasteiger partial charge in [0.15, 0.2) is 0 Å². The van der Waals surface area contributed by atoms with Crippen molar-refractivity contribution >= 4 is 28.7 Å². The summed E-state index contributed by atoms with van der Waals surface area (Å²) in [6.07, 6.45) is 4.08. The number of aromatic nitrogens is 2. The van der Waals surface area contributed by atoms with Crippen LogP contribution in [0.5, 0.6) is 5.75 Å². The third-order valence-corrected chi connectivity index (χ3v) is 5.45. The average molecular weight is 369 g/mol. The number of benzene rings is 1. The summed E-state index contributed by atoms with van der Waals surface area (Å²) < 4.78 is 11.3. The Balaban J connectivity index is 1.54. The number of hydrogen-bond donors (Lipinski definition) is 2. The molecular weight excluding hydrogens is 350 g/mol. The first-order valence-electron chi connectivity index (χ1n) is 9.06. The predicted octanol–water partition coefficient (Wildman–Crippen LogP) is 0.957. The van der Waals surface area contributed by atoms with Crippen LogP contribution in [0.15, 0.2) is 18.5 Å². The minimum Gasteiger partial charge on any atom is -0.490 e. The third kappa shape index (κ3) is 2.70. The van der Waals surface area contributed by atoms with Gasteiger partial charge in [-0.15, -0.1) is 0 Å². The molecule has 3 fully saturated rings. The van der Waals surface area contributed by atoms with Gasteiger partial charge in [-0.1, -0.05) is 0 Å². The van der Waals surface area contributed by atoms with Gasteiger partial charge in [0.05, 0.1) is 29.8 Å².